The highest BCUT2D eigenvalue weighted by atomic mass is 16.4. The van der Waals surface area contributed by atoms with Crippen LogP contribution in [0.1, 0.15) is 32.6 Å². The first-order valence-electron chi connectivity index (χ1n) is 7.99. The molecular formula is C15H27N3O3. The van der Waals surface area contributed by atoms with Gasteiger partial charge in [0.1, 0.15) is 0 Å². The third kappa shape index (κ3) is 3.87. The van der Waals surface area contributed by atoms with Gasteiger partial charge in [-0.3, -0.25) is 9.69 Å². The third-order valence-corrected chi connectivity index (χ3v) is 4.83. The number of carbonyl (C=O) groups excluding carboxylic acids is 1. The van der Waals surface area contributed by atoms with Gasteiger partial charge in [0.2, 0.25) is 0 Å². The summed E-state index contributed by atoms with van der Waals surface area (Å²) in [6.07, 6.45) is 3.51. The molecule has 0 aromatic rings. The van der Waals surface area contributed by atoms with Crippen LogP contribution in [0.15, 0.2) is 0 Å². The Kier molecular flexibility index (Phi) is 5.45. The largest absolute Gasteiger partial charge is 0.481 e. The smallest absolute Gasteiger partial charge is 0.319 e. The van der Waals surface area contributed by atoms with Gasteiger partial charge in [0.15, 0.2) is 0 Å². The molecule has 0 aliphatic carbocycles. The molecule has 2 heterocycles. The molecule has 2 amide bonds. The van der Waals surface area contributed by atoms with Gasteiger partial charge in [0.25, 0.3) is 0 Å². The Morgan fingerprint density at radius 2 is 1.86 bits per heavy atom. The van der Waals surface area contributed by atoms with E-state index in [2.05, 4.69) is 11.8 Å². The first-order chi connectivity index (χ1) is 10.0. The quantitative estimate of drug-likeness (QED) is 0.850. The van der Waals surface area contributed by atoms with Crippen molar-refractivity contribution in [3.8, 4) is 0 Å². The van der Waals surface area contributed by atoms with Gasteiger partial charge in [-0.15, -0.1) is 0 Å². The topological polar surface area (TPSA) is 64.1 Å². The SMILES string of the molecule is CCN1CCCC1CN(C)C(=O)N1CCC(C(=O)O)CC1. The average molecular weight is 297 g/mol. The maximum atomic E-state index is 12.4. The predicted molar refractivity (Wildman–Crippen MR) is 80.2 cm³/mol. The van der Waals surface area contributed by atoms with Gasteiger partial charge < -0.3 is 14.9 Å². The van der Waals surface area contributed by atoms with Crippen molar-refractivity contribution < 1.29 is 14.7 Å². The number of nitrogens with zero attached hydrogens (tertiary/aromatic N) is 3. The van der Waals surface area contributed by atoms with Crippen LogP contribution in [0.4, 0.5) is 4.79 Å². The first-order valence-corrected chi connectivity index (χ1v) is 7.99. The number of carbonyl (C=O) groups is 2. The number of carboxylic acids is 1. The summed E-state index contributed by atoms with van der Waals surface area (Å²) in [5.74, 6) is -1.02. The summed E-state index contributed by atoms with van der Waals surface area (Å²) in [6, 6.07) is 0.516. The molecule has 0 aromatic carbocycles. The van der Waals surface area contributed by atoms with Gasteiger partial charge in [-0.05, 0) is 38.8 Å². The van der Waals surface area contributed by atoms with Gasteiger partial charge in [-0.25, -0.2) is 4.79 Å². The highest BCUT2D eigenvalue weighted by molar-refractivity contribution is 5.75. The Balaban J connectivity index is 1.81. The minimum atomic E-state index is -0.736. The second-order valence-corrected chi connectivity index (χ2v) is 6.19. The zero-order valence-corrected chi connectivity index (χ0v) is 13.1. The van der Waals surface area contributed by atoms with Crippen molar-refractivity contribution in [2.75, 3.05) is 39.8 Å². The predicted octanol–water partition coefficient (Wildman–Crippen LogP) is 1.32. The van der Waals surface area contributed by atoms with E-state index in [1.165, 1.54) is 6.42 Å². The number of carboxylic acid groups (broad SMARTS) is 1. The lowest BCUT2D eigenvalue weighted by atomic mass is 9.97. The maximum Gasteiger partial charge on any atom is 0.319 e. The van der Waals surface area contributed by atoms with Crippen LogP contribution in [0.25, 0.3) is 0 Å². The van der Waals surface area contributed by atoms with Crippen molar-refractivity contribution in [3.05, 3.63) is 0 Å². The van der Waals surface area contributed by atoms with E-state index in [4.69, 9.17) is 5.11 Å². The molecule has 0 saturated carbocycles. The molecule has 0 spiro atoms. The minimum absolute atomic E-state index is 0.0433. The van der Waals surface area contributed by atoms with E-state index in [-0.39, 0.29) is 11.9 Å². The van der Waals surface area contributed by atoms with Crippen LogP contribution in [-0.4, -0.2) is 77.6 Å². The van der Waals surface area contributed by atoms with Crippen LogP contribution in [-0.2, 0) is 4.79 Å². The fraction of sp³-hybridized carbons (Fsp3) is 0.867. The Morgan fingerprint density at radius 3 is 2.43 bits per heavy atom. The molecule has 0 aromatic heterocycles. The fourth-order valence-corrected chi connectivity index (χ4v) is 3.47. The lowest BCUT2D eigenvalue weighted by Crippen LogP contribution is -2.49. The summed E-state index contributed by atoms with van der Waals surface area (Å²) in [5.41, 5.74) is 0. The molecule has 2 rings (SSSR count). The number of hydrogen-bond donors (Lipinski definition) is 1. The maximum absolute atomic E-state index is 12.4. The molecule has 2 fully saturated rings. The monoisotopic (exact) mass is 297 g/mol. The molecular weight excluding hydrogens is 270 g/mol. The van der Waals surface area contributed by atoms with Gasteiger partial charge in [0.05, 0.1) is 5.92 Å². The number of aliphatic carboxylic acids is 1. The summed E-state index contributed by atoms with van der Waals surface area (Å²) in [4.78, 5) is 29.4. The Morgan fingerprint density at radius 1 is 1.19 bits per heavy atom. The number of likely N-dealkylation sites (tertiary alicyclic amines) is 2. The lowest BCUT2D eigenvalue weighted by molar-refractivity contribution is -0.143. The van der Waals surface area contributed by atoms with E-state index < -0.39 is 5.97 Å². The van der Waals surface area contributed by atoms with Gasteiger partial charge in [0, 0.05) is 32.7 Å². The molecule has 0 bridgehead atoms. The van der Waals surface area contributed by atoms with Crippen molar-refractivity contribution in [3.63, 3.8) is 0 Å². The standard InChI is InChI=1S/C15H27N3O3/c1-3-17-8-4-5-13(17)11-16(2)15(21)18-9-6-12(7-10-18)14(19)20/h12-13H,3-11H2,1-2H3,(H,19,20). The number of likely N-dealkylation sites (N-methyl/N-ethyl adjacent to an activating group) is 2. The van der Waals surface area contributed by atoms with Crippen LogP contribution in [0.2, 0.25) is 0 Å². The molecule has 0 radical (unpaired) electrons. The molecule has 1 atom stereocenters. The number of hydrogen-bond acceptors (Lipinski definition) is 3. The van der Waals surface area contributed by atoms with E-state index in [1.807, 2.05) is 7.05 Å². The molecule has 2 saturated heterocycles. The number of piperidine rings is 1. The third-order valence-electron chi connectivity index (χ3n) is 4.83. The van der Waals surface area contributed by atoms with Crippen LogP contribution in [0.3, 0.4) is 0 Å². The molecule has 6 nitrogen and oxygen atoms in total. The Bertz CT molecular complexity index is 380. The highest BCUT2D eigenvalue weighted by Crippen LogP contribution is 2.20. The first kappa shape index (κ1) is 16.1. The summed E-state index contributed by atoms with van der Waals surface area (Å²) in [7, 11) is 1.86. The summed E-state index contributed by atoms with van der Waals surface area (Å²) in [5, 5.41) is 9.00. The van der Waals surface area contributed by atoms with E-state index >= 15 is 0 Å². The molecule has 6 heteroatoms. The van der Waals surface area contributed by atoms with Crippen molar-refractivity contribution >= 4 is 12.0 Å². The average Bonchev–Trinajstić information content (AvgIpc) is 2.93. The van der Waals surface area contributed by atoms with Gasteiger partial charge in [-0.1, -0.05) is 6.92 Å². The molecule has 1 unspecified atom stereocenters. The molecule has 2 aliphatic heterocycles. The fourth-order valence-electron chi connectivity index (χ4n) is 3.47. The molecule has 2 aliphatic rings. The van der Waals surface area contributed by atoms with Crippen molar-refractivity contribution in [1.29, 1.82) is 0 Å². The second kappa shape index (κ2) is 7.11. The zero-order valence-electron chi connectivity index (χ0n) is 13.1. The van der Waals surface area contributed by atoms with Crippen molar-refractivity contribution in [1.82, 2.24) is 14.7 Å². The normalized spacial score (nSPS) is 24.3. The van der Waals surface area contributed by atoms with E-state index in [0.29, 0.717) is 32.0 Å². The van der Waals surface area contributed by atoms with E-state index in [0.717, 1.165) is 26.1 Å². The lowest BCUT2D eigenvalue weighted by Gasteiger charge is -2.35. The summed E-state index contributed by atoms with van der Waals surface area (Å²) < 4.78 is 0. The Labute approximate surface area is 126 Å². The van der Waals surface area contributed by atoms with Crippen LogP contribution in [0, 0.1) is 5.92 Å². The minimum Gasteiger partial charge on any atom is -0.481 e. The Hall–Kier alpha value is -1.30. The summed E-state index contributed by atoms with van der Waals surface area (Å²) >= 11 is 0. The van der Waals surface area contributed by atoms with E-state index in [1.54, 1.807) is 9.80 Å². The summed E-state index contributed by atoms with van der Waals surface area (Å²) in [6.45, 7) is 6.22. The second-order valence-electron chi connectivity index (χ2n) is 6.19. The van der Waals surface area contributed by atoms with Gasteiger partial charge >= 0.3 is 12.0 Å². The van der Waals surface area contributed by atoms with Crippen LogP contribution in [0.5, 0.6) is 0 Å². The molecule has 21 heavy (non-hydrogen) atoms. The molecule has 120 valence electrons. The van der Waals surface area contributed by atoms with E-state index in [9.17, 15) is 9.59 Å². The van der Waals surface area contributed by atoms with Crippen LogP contribution < -0.4 is 0 Å². The number of amides is 2. The number of urea groups is 1. The van der Waals surface area contributed by atoms with Crippen molar-refractivity contribution in [2.45, 2.75) is 38.6 Å². The zero-order chi connectivity index (χ0) is 15.4. The highest BCUT2D eigenvalue weighted by Gasteiger charge is 2.30. The van der Waals surface area contributed by atoms with Gasteiger partial charge in [-0.2, -0.15) is 0 Å². The van der Waals surface area contributed by atoms with Crippen LogP contribution >= 0.6 is 0 Å². The number of rotatable bonds is 4. The van der Waals surface area contributed by atoms with Crippen molar-refractivity contribution in [2.24, 2.45) is 5.92 Å². The molecule has 1 N–H and O–H groups in total.